The summed E-state index contributed by atoms with van der Waals surface area (Å²) in [5, 5.41) is 20.3. The Kier molecular flexibility index (Phi) is 5.43. The van der Waals surface area contributed by atoms with E-state index in [4.69, 9.17) is 15.2 Å². The quantitative estimate of drug-likeness (QED) is 0.744. The van der Waals surface area contributed by atoms with E-state index in [1.165, 1.54) is 0 Å². The lowest BCUT2D eigenvalue weighted by molar-refractivity contribution is -0.139. The van der Waals surface area contributed by atoms with Crippen molar-refractivity contribution in [2.24, 2.45) is 5.73 Å². The van der Waals surface area contributed by atoms with Crippen LogP contribution in [0.5, 0.6) is 5.75 Å². The summed E-state index contributed by atoms with van der Waals surface area (Å²) in [5.41, 5.74) is 7.83. The number of allylic oxidation sites excluding steroid dienone is 2. The summed E-state index contributed by atoms with van der Waals surface area (Å²) in [4.78, 5) is 12.5. The second-order valence-electron chi connectivity index (χ2n) is 5.68. The van der Waals surface area contributed by atoms with E-state index in [0.29, 0.717) is 16.7 Å². The average molecular weight is 407 g/mol. The first-order valence-corrected chi connectivity index (χ1v) is 8.47. The highest BCUT2D eigenvalue weighted by atomic mass is 79.9. The summed E-state index contributed by atoms with van der Waals surface area (Å²) < 4.78 is 11.3. The number of phenols is 1. The van der Waals surface area contributed by atoms with Crippen LogP contribution in [0.25, 0.3) is 0 Å². The lowest BCUT2D eigenvalue weighted by atomic mass is 9.80. The molecule has 0 saturated heterocycles. The number of aromatic hydroxyl groups is 1. The molecule has 1 aliphatic heterocycles. The highest BCUT2D eigenvalue weighted by molar-refractivity contribution is 9.10. The Morgan fingerprint density at radius 2 is 2.12 bits per heavy atom. The van der Waals surface area contributed by atoms with Gasteiger partial charge in [0.1, 0.15) is 23.2 Å². The second kappa shape index (κ2) is 7.19. The zero-order chi connectivity index (χ0) is 18.9. The number of esters is 1. The molecule has 2 rings (SSSR count). The summed E-state index contributed by atoms with van der Waals surface area (Å²) in [6.45, 7) is 6.97. The zero-order valence-electron chi connectivity index (χ0n) is 14.4. The van der Waals surface area contributed by atoms with Gasteiger partial charge in [-0.1, -0.05) is 15.9 Å². The fourth-order valence-corrected chi connectivity index (χ4v) is 3.44. The number of carbonyl (C=O) groups excluding carboxylic acids is 1. The molecule has 0 aliphatic carbocycles. The minimum atomic E-state index is -0.867. The Bertz CT molecular complexity index is 823. The molecule has 0 aromatic heterocycles. The van der Waals surface area contributed by atoms with Gasteiger partial charge in [-0.3, -0.25) is 0 Å². The second-order valence-corrected chi connectivity index (χ2v) is 6.53. The van der Waals surface area contributed by atoms with Crippen LogP contribution in [0.3, 0.4) is 0 Å². The van der Waals surface area contributed by atoms with Crippen molar-refractivity contribution in [1.29, 1.82) is 5.26 Å². The molecule has 1 unspecified atom stereocenters. The maximum absolute atomic E-state index is 12.5. The van der Waals surface area contributed by atoms with Crippen LogP contribution in [0.15, 0.2) is 33.3 Å². The monoisotopic (exact) mass is 406 g/mol. The van der Waals surface area contributed by atoms with Gasteiger partial charge < -0.3 is 20.3 Å². The maximum atomic E-state index is 12.5. The molecule has 0 bridgehead atoms. The lowest BCUT2D eigenvalue weighted by Gasteiger charge is -2.29. The summed E-state index contributed by atoms with van der Waals surface area (Å²) in [5.74, 6) is -1.32. The van der Waals surface area contributed by atoms with Gasteiger partial charge >= 0.3 is 5.97 Å². The Morgan fingerprint density at radius 1 is 1.48 bits per heavy atom. The molecule has 1 aliphatic rings. The first kappa shape index (κ1) is 18.9. The van der Waals surface area contributed by atoms with Crippen molar-refractivity contribution in [3.05, 3.63) is 50.0 Å². The van der Waals surface area contributed by atoms with Gasteiger partial charge in [-0.25, -0.2) is 4.79 Å². The highest BCUT2D eigenvalue weighted by Gasteiger charge is 2.39. The van der Waals surface area contributed by atoms with Gasteiger partial charge in [0, 0.05) is 10.0 Å². The third-order valence-electron chi connectivity index (χ3n) is 4.12. The smallest absolute Gasteiger partial charge is 0.338 e. The Morgan fingerprint density at radius 3 is 2.68 bits per heavy atom. The minimum absolute atomic E-state index is 0.00254. The largest absolute Gasteiger partial charge is 0.507 e. The average Bonchev–Trinajstić information content (AvgIpc) is 2.53. The van der Waals surface area contributed by atoms with Crippen LogP contribution >= 0.6 is 15.9 Å². The number of carbonyl (C=O) groups is 1. The lowest BCUT2D eigenvalue weighted by Crippen LogP contribution is -2.26. The summed E-state index contributed by atoms with van der Waals surface area (Å²) in [6.07, 6.45) is 0. The molecule has 0 fully saturated rings. The molecule has 6 nitrogen and oxygen atoms in total. The van der Waals surface area contributed by atoms with Crippen LogP contribution in [-0.4, -0.2) is 17.7 Å². The van der Waals surface area contributed by atoms with Crippen molar-refractivity contribution in [3.8, 4) is 11.8 Å². The van der Waals surface area contributed by atoms with Gasteiger partial charge in [-0.05, 0) is 44.9 Å². The van der Waals surface area contributed by atoms with E-state index in [1.54, 1.807) is 33.8 Å². The molecule has 7 heteroatoms. The number of hydrogen-bond acceptors (Lipinski definition) is 6. The number of nitrogens with zero attached hydrogens (tertiary/aromatic N) is 1. The van der Waals surface area contributed by atoms with Crippen LogP contribution < -0.4 is 5.73 Å². The van der Waals surface area contributed by atoms with E-state index in [2.05, 4.69) is 15.9 Å². The predicted octanol–water partition coefficient (Wildman–Crippen LogP) is 3.42. The zero-order valence-corrected chi connectivity index (χ0v) is 16.0. The van der Waals surface area contributed by atoms with E-state index in [1.807, 2.05) is 6.07 Å². The van der Waals surface area contributed by atoms with Crippen molar-refractivity contribution < 1.29 is 19.4 Å². The van der Waals surface area contributed by atoms with Crippen molar-refractivity contribution >= 4 is 21.9 Å². The molecular formula is C18H19BrN2O4. The van der Waals surface area contributed by atoms with Crippen LogP contribution in [0.2, 0.25) is 0 Å². The Hall–Kier alpha value is -2.46. The van der Waals surface area contributed by atoms with Gasteiger partial charge in [0.15, 0.2) is 0 Å². The van der Waals surface area contributed by atoms with Crippen LogP contribution in [0, 0.1) is 25.2 Å². The third-order valence-corrected chi connectivity index (χ3v) is 4.95. The van der Waals surface area contributed by atoms with Gasteiger partial charge in [0.2, 0.25) is 5.88 Å². The van der Waals surface area contributed by atoms with E-state index in [9.17, 15) is 15.2 Å². The van der Waals surface area contributed by atoms with E-state index in [0.717, 1.165) is 4.47 Å². The molecule has 1 heterocycles. The van der Waals surface area contributed by atoms with Gasteiger partial charge in [-0.2, -0.15) is 5.26 Å². The first-order valence-electron chi connectivity index (χ1n) is 7.68. The Balaban J connectivity index is 2.83. The number of phenolic OH excluding ortho intramolecular Hbond substituents is 1. The van der Waals surface area contributed by atoms with Crippen molar-refractivity contribution in [1.82, 2.24) is 0 Å². The van der Waals surface area contributed by atoms with E-state index < -0.39 is 11.9 Å². The number of halogens is 1. The molecule has 132 valence electrons. The molecule has 3 N–H and O–H groups in total. The van der Waals surface area contributed by atoms with Gasteiger partial charge in [0.25, 0.3) is 0 Å². The predicted molar refractivity (Wildman–Crippen MR) is 95.3 cm³/mol. The number of rotatable bonds is 3. The molecule has 1 aromatic carbocycles. The minimum Gasteiger partial charge on any atom is -0.507 e. The first-order chi connectivity index (χ1) is 11.7. The number of nitriles is 1. The van der Waals surface area contributed by atoms with Crippen molar-refractivity contribution in [3.63, 3.8) is 0 Å². The fraction of sp³-hybridized carbons (Fsp3) is 0.333. The summed E-state index contributed by atoms with van der Waals surface area (Å²) in [6, 6.07) is 3.78. The van der Waals surface area contributed by atoms with Gasteiger partial charge in [-0.15, -0.1) is 0 Å². The number of aryl methyl sites for hydroxylation is 1. The molecule has 25 heavy (non-hydrogen) atoms. The summed E-state index contributed by atoms with van der Waals surface area (Å²) >= 11 is 3.45. The maximum Gasteiger partial charge on any atom is 0.338 e. The molecule has 0 spiro atoms. The van der Waals surface area contributed by atoms with Crippen molar-refractivity contribution in [2.45, 2.75) is 33.6 Å². The van der Waals surface area contributed by atoms with Gasteiger partial charge in [0.05, 0.1) is 18.1 Å². The normalized spacial score (nSPS) is 17.2. The summed E-state index contributed by atoms with van der Waals surface area (Å²) in [7, 11) is 0. The molecule has 0 saturated carbocycles. The fourth-order valence-electron chi connectivity index (χ4n) is 2.88. The van der Waals surface area contributed by atoms with E-state index >= 15 is 0 Å². The molecule has 0 amide bonds. The van der Waals surface area contributed by atoms with Crippen LogP contribution in [-0.2, 0) is 14.3 Å². The third kappa shape index (κ3) is 3.22. The number of hydrogen-bond donors (Lipinski definition) is 2. The molecule has 0 radical (unpaired) electrons. The SMILES string of the molecule is CCOC(=O)C1=C(C)OC(N)=C(C#N)C1c1c(C)c(Br)cc(C)c1O. The number of nitrogens with two attached hydrogens (primary N) is 1. The topological polar surface area (TPSA) is 106 Å². The van der Waals surface area contributed by atoms with E-state index in [-0.39, 0.29) is 35.1 Å². The standard InChI is InChI=1S/C18H19BrN2O4/c1-5-24-18(23)14-10(4)25-17(21)11(7-20)15(14)13-9(3)12(19)6-8(2)16(13)22/h6,15,22H,5,21H2,1-4H3. The highest BCUT2D eigenvalue weighted by Crippen LogP contribution is 2.46. The van der Waals surface area contributed by atoms with Crippen LogP contribution in [0.4, 0.5) is 0 Å². The molecule has 1 aromatic rings. The number of benzene rings is 1. The molecule has 1 atom stereocenters. The molecular weight excluding hydrogens is 388 g/mol. The van der Waals surface area contributed by atoms with Crippen LogP contribution in [0.1, 0.15) is 36.5 Å². The Labute approximate surface area is 154 Å². The number of ether oxygens (including phenoxy) is 2. The van der Waals surface area contributed by atoms with Crippen molar-refractivity contribution in [2.75, 3.05) is 6.61 Å².